The summed E-state index contributed by atoms with van der Waals surface area (Å²) in [6.07, 6.45) is 0. The Morgan fingerprint density at radius 2 is 1.84 bits per heavy atom. The van der Waals surface area contributed by atoms with Gasteiger partial charge in [-0.1, -0.05) is 53.7 Å². The van der Waals surface area contributed by atoms with Gasteiger partial charge in [0.2, 0.25) is 0 Å². The highest BCUT2D eigenvalue weighted by Gasteiger charge is 2.17. The van der Waals surface area contributed by atoms with Crippen molar-refractivity contribution in [3.05, 3.63) is 77.7 Å². The van der Waals surface area contributed by atoms with Gasteiger partial charge in [0.1, 0.15) is 11.3 Å². The van der Waals surface area contributed by atoms with Gasteiger partial charge >= 0.3 is 0 Å². The molecule has 0 saturated carbocycles. The van der Waals surface area contributed by atoms with Gasteiger partial charge in [0, 0.05) is 22.6 Å². The van der Waals surface area contributed by atoms with Crippen LogP contribution >= 0.6 is 0 Å². The first-order valence-electron chi connectivity index (χ1n) is 8.00. The molecule has 0 spiro atoms. The van der Waals surface area contributed by atoms with Crippen LogP contribution in [-0.4, -0.2) is 11.1 Å². The lowest BCUT2D eigenvalue weighted by Crippen LogP contribution is -2.22. The number of carbonyl (C=O) groups is 1. The number of hydrogen-bond donors (Lipinski definition) is 1. The maximum atomic E-state index is 12.4. The van der Waals surface area contributed by atoms with Gasteiger partial charge in [-0.15, -0.1) is 0 Å². The van der Waals surface area contributed by atoms with E-state index in [1.54, 1.807) is 0 Å². The maximum Gasteiger partial charge on any atom is 0.287 e. The first-order valence-corrected chi connectivity index (χ1v) is 8.00. The standard InChI is InChI=1S/C20H16N2O3/c1-13-16-9-5-6-10-18(16)24-19(13)20(23)21-12-15-11-17(22-25-15)14-7-3-2-4-8-14/h2-11H,12H2,1H3,(H,21,23). The Labute approximate surface area is 144 Å². The molecule has 1 amide bonds. The molecule has 0 saturated heterocycles. The summed E-state index contributed by atoms with van der Waals surface area (Å²) >= 11 is 0. The van der Waals surface area contributed by atoms with Crippen molar-refractivity contribution in [2.24, 2.45) is 0 Å². The van der Waals surface area contributed by atoms with Crippen LogP contribution in [0.4, 0.5) is 0 Å². The molecular formula is C20H16N2O3. The van der Waals surface area contributed by atoms with Crippen LogP contribution in [-0.2, 0) is 6.54 Å². The van der Waals surface area contributed by atoms with E-state index < -0.39 is 0 Å². The smallest absolute Gasteiger partial charge is 0.287 e. The molecule has 1 N–H and O–H groups in total. The second-order valence-electron chi connectivity index (χ2n) is 5.78. The van der Waals surface area contributed by atoms with E-state index in [4.69, 9.17) is 8.94 Å². The molecule has 0 aliphatic carbocycles. The third-order valence-electron chi connectivity index (χ3n) is 4.10. The van der Waals surface area contributed by atoms with E-state index in [1.807, 2.05) is 67.6 Å². The number of hydrogen-bond acceptors (Lipinski definition) is 4. The molecular weight excluding hydrogens is 316 g/mol. The molecule has 4 rings (SSSR count). The summed E-state index contributed by atoms with van der Waals surface area (Å²) in [6.45, 7) is 2.12. The van der Waals surface area contributed by atoms with E-state index in [0.29, 0.717) is 17.1 Å². The fraction of sp³-hybridized carbons (Fsp3) is 0.100. The lowest BCUT2D eigenvalue weighted by molar-refractivity contribution is 0.0920. The fourth-order valence-corrected chi connectivity index (χ4v) is 2.78. The zero-order chi connectivity index (χ0) is 17.2. The Hall–Kier alpha value is -3.34. The van der Waals surface area contributed by atoms with Crippen molar-refractivity contribution in [1.82, 2.24) is 10.5 Å². The van der Waals surface area contributed by atoms with Gasteiger partial charge in [-0.3, -0.25) is 4.79 Å². The van der Waals surface area contributed by atoms with E-state index in [0.717, 1.165) is 22.2 Å². The van der Waals surface area contributed by atoms with E-state index in [-0.39, 0.29) is 12.5 Å². The van der Waals surface area contributed by atoms with E-state index in [2.05, 4.69) is 10.5 Å². The van der Waals surface area contributed by atoms with Crippen LogP contribution in [0.25, 0.3) is 22.2 Å². The van der Waals surface area contributed by atoms with E-state index in [1.165, 1.54) is 0 Å². The van der Waals surface area contributed by atoms with Crippen molar-refractivity contribution < 1.29 is 13.7 Å². The third kappa shape index (κ3) is 2.92. The second kappa shape index (κ2) is 6.28. The number of para-hydroxylation sites is 1. The largest absolute Gasteiger partial charge is 0.451 e. The van der Waals surface area contributed by atoms with E-state index in [9.17, 15) is 4.79 Å². The van der Waals surface area contributed by atoms with Gasteiger partial charge in [-0.05, 0) is 13.0 Å². The number of fused-ring (bicyclic) bond motifs is 1. The minimum absolute atomic E-state index is 0.245. The molecule has 0 fully saturated rings. The summed E-state index contributed by atoms with van der Waals surface area (Å²) in [5.41, 5.74) is 3.24. The molecule has 2 heterocycles. The normalized spacial score (nSPS) is 10.9. The van der Waals surface area contributed by atoms with Gasteiger partial charge in [-0.25, -0.2) is 0 Å². The van der Waals surface area contributed by atoms with Crippen LogP contribution < -0.4 is 5.32 Å². The highest BCUT2D eigenvalue weighted by molar-refractivity contribution is 5.98. The Bertz CT molecular complexity index is 1030. The van der Waals surface area contributed by atoms with Crippen LogP contribution in [0.2, 0.25) is 0 Å². The Morgan fingerprint density at radius 3 is 2.64 bits per heavy atom. The first-order chi connectivity index (χ1) is 12.2. The lowest BCUT2D eigenvalue weighted by Gasteiger charge is -2.00. The van der Waals surface area contributed by atoms with Crippen LogP contribution in [0, 0.1) is 6.92 Å². The average Bonchev–Trinajstić information content (AvgIpc) is 3.26. The third-order valence-corrected chi connectivity index (χ3v) is 4.10. The molecule has 0 unspecified atom stereocenters. The van der Waals surface area contributed by atoms with Crippen molar-refractivity contribution >= 4 is 16.9 Å². The quantitative estimate of drug-likeness (QED) is 0.604. The van der Waals surface area contributed by atoms with Crippen molar-refractivity contribution in [2.45, 2.75) is 13.5 Å². The number of aromatic nitrogens is 1. The zero-order valence-corrected chi connectivity index (χ0v) is 13.7. The molecule has 124 valence electrons. The minimum atomic E-state index is -0.272. The number of benzene rings is 2. The molecule has 0 atom stereocenters. The monoisotopic (exact) mass is 332 g/mol. The van der Waals surface area contributed by atoms with Crippen molar-refractivity contribution in [3.63, 3.8) is 0 Å². The van der Waals surface area contributed by atoms with Crippen molar-refractivity contribution in [3.8, 4) is 11.3 Å². The molecule has 2 aromatic heterocycles. The van der Waals surface area contributed by atoms with Gasteiger partial charge < -0.3 is 14.3 Å². The number of aryl methyl sites for hydroxylation is 1. The number of furan rings is 1. The second-order valence-corrected chi connectivity index (χ2v) is 5.78. The molecule has 0 aliphatic rings. The van der Waals surface area contributed by atoms with Crippen LogP contribution in [0.5, 0.6) is 0 Å². The molecule has 4 aromatic rings. The summed E-state index contributed by atoms with van der Waals surface area (Å²) in [5, 5.41) is 7.80. The molecule has 0 bridgehead atoms. The fourth-order valence-electron chi connectivity index (χ4n) is 2.78. The van der Waals surface area contributed by atoms with Gasteiger partial charge in [0.05, 0.1) is 6.54 Å². The molecule has 0 radical (unpaired) electrons. The first kappa shape index (κ1) is 15.2. The highest BCUT2D eigenvalue weighted by Crippen LogP contribution is 2.25. The molecule has 0 aliphatic heterocycles. The Morgan fingerprint density at radius 1 is 1.08 bits per heavy atom. The maximum absolute atomic E-state index is 12.4. The Balaban J connectivity index is 1.48. The number of rotatable bonds is 4. The lowest BCUT2D eigenvalue weighted by atomic mass is 10.1. The van der Waals surface area contributed by atoms with Crippen LogP contribution in [0.1, 0.15) is 21.9 Å². The summed E-state index contributed by atoms with van der Waals surface area (Å²) < 4.78 is 11.0. The van der Waals surface area contributed by atoms with Gasteiger partial charge in [0.15, 0.2) is 11.5 Å². The molecule has 2 aromatic carbocycles. The summed E-state index contributed by atoms with van der Waals surface area (Å²) in [5.74, 6) is 0.635. The SMILES string of the molecule is Cc1c(C(=O)NCc2cc(-c3ccccc3)no2)oc2ccccc12. The van der Waals surface area contributed by atoms with Gasteiger partial charge in [-0.2, -0.15) is 0 Å². The highest BCUT2D eigenvalue weighted by atomic mass is 16.5. The molecule has 5 heteroatoms. The van der Waals surface area contributed by atoms with Crippen molar-refractivity contribution in [2.75, 3.05) is 0 Å². The van der Waals surface area contributed by atoms with Crippen LogP contribution in [0.15, 0.2) is 69.6 Å². The van der Waals surface area contributed by atoms with Crippen molar-refractivity contribution in [1.29, 1.82) is 0 Å². The van der Waals surface area contributed by atoms with Gasteiger partial charge in [0.25, 0.3) is 5.91 Å². The summed E-state index contributed by atoms with van der Waals surface area (Å²) in [4.78, 5) is 12.4. The summed E-state index contributed by atoms with van der Waals surface area (Å²) in [6, 6.07) is 19.1. The number of nitrogens with one attached hydrogen (secondary N) is 1. The molecule has 25 heavy (non-hydrogen) atoms. The van der Waals surface area contributed by atoms with Crippen LogP contribution in [0.3, 0.4) is 0 Å². The van der Waals surface area contributed by atoms with E-state index >= 15 is 0 Å². The number of carbonyl (C=O) groups excluding carboxylic acids is 1. The minimum Gasteiger partial charge on any atom is -0.451 e. The number of nitrogens with zero attached hydrogens (tertiary/aromatic N) is 1. The number of amides is 1. The summed E-state index contributed by atoms with van der Waals surface area (Å²) in [7, 11) is 0. The molecule has 5 nitrogen and oxygen atoms in total. The zero-order valence-electron chi connectivity index (χ0n) is 13.7. The topological polar surface area (TPSA) is 68.3 Å². The predicted molar refractivity (Wildman–Crippen MR) is 94.1 cm³/mol. The predicted octanol–water partition coefficient (Wildman–Crippen LogP) is 4.33. The Kier molecular flexibility index (Phi) is 3.82. The average molecular weight is 332 g/mol.